The van der Waals surface area contributed by atoms with Gasteiger partial charge in [-0.3, -0.25) is 10.1 Å². The second-order valence-electron chi connectivity index (χ2n) is 4.84. The molecular formula is C16H12N2O3S. The van der Waals surface area contributed by atoms with Gasteiger partial charge in [-0.25, -0.2) is 4.98 Å². The van der Waals surface area contributed by atoms with E-state index in [2.05, 4.69) is 4.98 Å². The Kier molecular flexibility index (Phi) is 3.60. The van der Waals surface area contributed by atoms with Gasteiger partial charge in [-0.2, -0.15) is 0 Å². The standard InChI is InChI=1S/C16H12N2O3S/c1-10-2-3-12(8-15(10)18(20)21)14-9-22-16(17-14)11-4-6-13(19)7-5-11/h2-9,19H,1H3. The van der Waals surface area contributed by atoms with Gasteiger partial charge in [-0.05, 0) is 31.2 Å². The summed E-state index contributed by atoms with van der Waals surface area (Å²) in [5.41, 5.74) is 3.05. The van der Waals surface area contributed by atoms with Crippen molar-refractivity contribution in [3.8, 4) is 27.6 Å². The molecule has 1 heterocycles. The van der Waals surface area contributed by atoms with Crippen molar-refractivity contribution >= 4 is 17.0 Å². The molecule has 0 aliphatic rings. The summed E-state index contributed by atoms with van der Waals surface area (Å²) in [5, 5.41) is 23.0. The second-order valence-corrected chi connectivity index (χ2v) is 5.70. The molecule has 2 aromatic carbocycles. The number of aromatic hydroxyl groups is 1. The van der Waals surface area contributed by atoms with Crippen LogP contribution < -0.4 is 0 Å². The number of nitro groups is 1. The van der Waals surface area contributed by atoms with Crippen molar-refractivity contribution < 1.29 is 10.0 Å². The molecule has 0 saturated carbocycles. The maximum absolute atomic E-state index is 11.0. The highest BCUT2D eigenvalue weighted by Gasteiger charge is 2.14. The Hall–Kier alpha value is -2.73. The molecule has 0 aliphatic carbocycles. The minimum absolute atomic E-state index is 0.0942. The number of hydrogen-bond donors (Lipinski definition) is 1. The molecule has 110 valence electrons. The molecule has 0 unspecified atom stereocenters. The molecule has 0 aliphatic heterocycles. The summed E-state index contributed by atoms with van der Waals surface area (Å²) >= 11 is 1.46. The number of nitrogens with zero attached hydrogens (tertiary/aromatic N) is 2. The topological polar surface area (TPSA) is 76.3 Å². The lowest BCUT2D eigenvalue weighted by atomic mass is 10.1. The van der Waals surface area contributed by atoms with Gasteiger partial charge in [0.05, 0.1) is 10.6 Å². The molecule has 5 nitrogen and oxygen atoms in total. The monoisotopic (exact) mass is 312 g/mol. The first-order valence-electron chi connectivity index (χ1n) is 6.55. The molecule has 0 atom stereocenters. The lowest BCUT2D eigenvalue weighted by Gasteiger charge is -2.00. The summed E-state index contributed by atoms with van der Waals surface area (Å²) in [6, 6.07) is 11.9. The van der Waals surface area contributed by atoms with E-state index < -0.39 is 0 Å². The van der Waals surface area contributed by atoms with Crippen molar-refractivity contribution in [2.45, 2.75) is 6.92 Å². The van der Waals surface area contributed by atoms with Crippen LogP contribution in [0, 0.1) is 17.0 Å². The van der Waals surface area contributed by atoms with Crippen molar-refractivity contribution in [2.75, 3.05) is 0 Å². The van der Waals surface area contributed by atoms with Crippen LogP contribution in [0.25, 0.3) is 21.8 Å². The van der Waals surface area contributed by atoms with Gasteiger partial charge in [-0.1, -0.05) is 12.1 Å². The lowest BCUT2D eigenvalue weighted by molar-refractivity contribution is -0.385. The Morgan fingerprint density at radius 1 is 1.14 bits per heavy atom. The van der Waals surface area contributed by atoms with E-state index in [-0.39, 0.29) is 16.4 Å². The minimum Gasteiger partial charge on any atom is -0.508 e. The number of phenols is 1. The highest BCUT2D eigenvalue weighted by atomic mass is 32.1. The van der Waals surface area contributed by atoms with Gasteiger partial charge < -0.3 is 5.11 Å². The normalized spacial score (nSPS) is 10.6. The second kappa shape index (κ2) is 5.57. The zero-order valence-corrected chi connectivity index (χ0v) is 12.5. The smallest absolute Gasteiger partial charge is 0.272 e. The summed E-state index contributed by atoms with van der Waals surface area (Å²) in [6.45, 7) is 1.71. The number of nitro benzene ring substituents is 1. The van der Waals surface area contributed by atoms with Crippen LogP contribution in [-0.2, 0) is 0 Å². The third-order valence-corrected chi connectivity index (χ3v) is 4.21. The summed E-state index contributed by atoms with van der Waals surface area (Å²) in [6.07, 6.45) is 0. The average molecular weight is 312 g/mol. The first-order valence-corrected chi connectivity index (χ1v) is 7.43. The summed E-state index contributed by atoms with van der Waals surface area (Å²) in [5.74, 6) is 0.203. The summed E-state index contributed by atoms with van der Waals surface area (Å²) in [4.78, 5) is 15.2. The van der Waals surface area contributed by atoms with Crippen LogP contribution >= 0.6 is 11.3 Å². The molecule has 0 bridgehead atoms. The molecule has 0 amide bonds. The molecule has 3 rings (SSSR count). The molecular weight excluding hydrogens is 300 g/mol. The Morgan fingerprint density at radius 3 is 2.50 bits per heavy atom. The van der Waals surface area contributed by atoms with Crippen molar-refractivity contribution in [3.05, 3.63) is 63.5 Å². The quantitative estimate of drug-likeness (QED) is 0.574. The fraction of sp³-hybridized carbons (Fsp3) is 0.0625. The zero-order chi connectivity index (χ0) is 15.7. The molecule has 22 heavy (non-hydrogen) atoms. The maximum Gasteiger partial charge on any atom is 0.272 e. The van der Waals surface area contributed by atoms with E-state index in [9.17, 15) is 15.2 Å². The van der Waals surface area contributed by atoms with Gasteiger partial charge in [-0.15, -0.1) is 11.3 Å². The number of hydrogen-bond acceptors (Lipinski definition) is 5. The van der Waals surface area contributed by atoms with E-state index in [1.807, 2.05) is 11.4 Å². The van der Waals surface area contributed by atoms with Crippen LogP contribution in [0.5, 0.6) is 5.75 Å². The number of benzene rings is 2. The Labute approximate surface area is 130 Å². The SMILES string of the molecule is Cc1ccc(-c2csc(-c3ccc(O)cc3)n2)cc1[N+](=O)[O-]. The number of rotatable bonds is 3. The average Bonchev–Trinajstić information content (AvgIpc) is 2.98. The van der Waals surface area contributed by atoms with E-state index >= 15 is 0 Å². The van der Waals surface area contributed by atoms with Crippen LogP contribution in [-0.4, -0.2) is 15.0 Å². The first kappa shape index (κ1) is 14.2. The molecule has 1 N–H and O–H groups in total. The molecule has 1 aromatic heterocycles. The van der Waals surface area contributed by atoms with Crippen LogP contribution in [0.4, 0.5) is 5.69 Å². The third kappa shape index (κ3) is 2.68. The van der Waals surface area contributed by atoms with Gasteiger partial charge in [0, 0.05) is 28.1 Å². The van der Waals surface area contributed by atoms with E-state index in [1.165, 1.54) is 11.3 Å². The zero-order valence-electron chi connectivity index (χ0n) is 11.7. The molecule has 3 aromatic rings. The fourth-order valence-electron chi connectivity index (χ4n) is 2.11. The van der Waals surface area contributed by atoms with Gasteiger partial charge in [0.1, 0.15) is 10.8 Å². The van der Waals surface area contributed by atoms with E-state index in [0.717, 1.165) is 16.1 Å². The fourth-order valence-corrected chi connectivity index (χ4v) is 2.94. The van der Waals surface area contributed by atoms with E-state index in [1.54, 1.807) is 43.3 Å². The van der Waals surface area contributed by atoms with Crippen LogP contribution in [0.15, 0.2) is 47.8 Å². The number of thiazole rings is 1. The molecule has 0 saturated heterocycles. The van der Waals surface area contributed by atoms with Crippen LogP contribution in [0.3, 0.4) is 0 Å². The Bertz CT molecular complexity index is 841. The highest BCUT2D eigenvalue weighted by Crippen LogP contribution is 2.32. The van der Waals surface area contributed by atoms with Gasteiger partial charge in [0.15, 0.2) is 0 Å². The summed E-state index contributed by atoms with van der Waals surface area (Å²) < 4.78 is 0. The highest BCUT2D eigenvalue weighted by molar-refractivity contribution is 7.13. The van der Waals surface area contributed by atoms with E-state index in [4.69, 9.17) is 0 Å². The molecule has 6 heteroatoms. The number of aryl methyl sites for hydroxylation is 1. The molecule has 0 radical (unpaired) electrons. The van der Waals surface area contributed by atoms with Gasteiger partial charge in [0.25, 0.3) is 5.69 Å². The van der Waals surface area contributed by atoms with Crippen molar-refractivity contribution in [1.29, 1.82) is 0 Å². The number of aromatic nitrogens is 1. The largest absolute Gasteiger partial charge is 0.508 e. The Balaban J connectivity index is 1.99. The van der Waals surface area contributed by atoms with Crippen LogP contribution in [0.1, 0.15) is 5.56 Å². The van der Waals surface area contributed by atoms with Crippen molar-refractivity contribution in [1.82, 2.24) is 4.98 Å². The maximum atomic E-state index is 11.0. The predicted molar refractivity (Wildman–Crippen MR) is 86.0 cm³/mol. The lowest BCUT2D eigenvalue weighted by Crippen LogP contribution is -1.92. The Morgan fingerprint density at radius 2 is 1.82 bits per heavy atom. The predicted octanol–water partition coefficient (Wildman–Crippen LogP) is 4.40. The third-order valence-electron chi connectivity index (χ3n) is 3.32. The van der Waals surface area contributed by atoms with Crippen molar-refractivity contribution in [3.63, 3.8) is 0 Å². The van der Waals surface area contributed by atoms with Gasteiger partial charge in [0.2, 0.25) is 0 Å². The summed E-state index contributed by atoms with van der Waals surface area (Å²) in [7, 11) is 0. The number of phenolic OH excluding ortho intramolecular Hbond substituents is 1. The first-order chi connectivity index (χ1) is 10.5. The van der Waals surface area contributed by atoms with Crippen molar-refractivity contribution in [2.24, 2.45) is 0 Å². The minimum atomic E-state index is -0.383. The molecule has 0 fully saturated rings. The van der Waals surface area contributed by atoms with Gasteiger partial charge >= 0.3 is 0 Å². The molecule has 0 spiro atoms. The van der Waals surface area contributed by atoms with Crippen LogP contribution in [0.2, 0.25) is 0 Å². The van der Waals surface area contributed by atoms with E-state index in [0.29, 0.717) is 11.3 Å².